The van der Waals surface area contributed by atoms with Gasteiger partial charge in [-0.25, -0.2) is 4.98 Å². The summed E-state index contributed by atoms with van der Waals surface area (Å²) in [5.74, 6) is 1.82. The molecule has 1 heterocycles. The number of hydrogen-bond donors (Lipinski definition) is 2. The Labute approximate surface area is 153 Å². The van der Waals surface area contributed by atoms with Crippen LogP contribution in [-0.4, -0.2) is 30.7 Å². The largest absolute Gasteiger partial charge is 0.494 e. The molecular formula is C18H26N4O2S. The first-order chi connectivity index (χ1) is 12.0. The third-order valence-corrected chi connectivity index (χ3v) is 4.64. The fourth-order valence-electron chi connectivity index (χ4n) is 2.24. The monoisotopic (exact) mass is 362 g/mol. The Morgan fingerprint density at radius 3 is 2.64 bits per heavy atom. The molecule has 0 aliphatic carbocycles. The molecule has 3 N–H and O–H groups in total. The predicted molar refractivity (Wildman–Crippen MR) is 104 cm³/mol. The number of guanidine groups is 1. The average Bonchev–Trinajstić information content (AvgIpc) is 2.88. The van der Waals surface area contributed by atoms with Crippen LogP contribution < -0.4 is 20.5 Å². The van der Waals surface area contributed by atoms with E-state index in [9.17, 15) is 0 Å². The minimum absolute atomic E-state index is 0.347. The first-order valence-electron chi connectivity index (χ1n) is 8.43. The molecule has 0 aliphatic rings. The van der Waals surface area contributed by atoms with Crippen molar-refractivity contribution in [1.29, 1.82) is 0 Å². The van der Waals surface area contributed by atoms with Crippen molar-refractivity contribution >= 4 is 23.0 Å². The zero-order chi connectivity index (χ0) is 18.2. The number of nitrogens with one attached hydrogen (secondary N) is 1. The van der Waals surface area contributed by atoms with Gasteiger partial charge in [-0.15, -0.1) is 11.3 Å². The molecule has 0 amide bonds. The zero-order valence-electron chi connectivity index (χ0n) is 15.3. The summed E-state index contributed by atoms with van der Waals surface area (Å²) in [6.45, 7) is 9.75. The highest BCUT2D eigenvalue weighted by Crippen LogP contribution is 2.29. The van der Waals surface area contributed by atoms with Crippen LogP contribution in [-0.2, 0) is 6.42 Å². The number of nitrogens with two attached hydrogens (primary N) is 1. The van der Waals surface area contributed by atoms with E-state index in [1.165, 1.54) is 4.88 Å². The van der Waals surface area contributed by atoms with E-state index in [2.05, 4.69) is 22.2 Å². The summed E-state index contributed by atoms with van der Waals surface area (Å²) in [6.07, 6.45) is 0.777. The first kappa shape index (κ1) is 19.1. The highest BCUT2D eigenvalue weighted by atomic mass is 32.1. The number of aliphatic imine (C=N–C) groups is 1. The Bertz CT molecular complexity index is 708. The normalized spacial score (nSPS) is 11.4. The molecule has 1 aromatic carbocycles. The molecule has 0 aliphatic heterocycles. The van der Waals surface area contributed by atoms with Crippen molar-refractivity contribution in [3.05, 3.63) is 33.8 Å². The van der Waals surface area contributed by atoms with Crippen LogP contribution in [0.4, 0.5) is 5.69 Å². The SMILES string of the molecule is CCOc1ccc(OCC)c(NC(N)=NCCc2nc(C)c(C)s2)c1. The molecule has 0 fully saturated rings. The fourth-order valence-corrected chi connectivity index (χ4v) is 3.16. The molecule has 7 heteroatoms. The number of nitrogens with zero attached hydrogens (tertiary/aromatic N) is 2. The van der Waals surface area contributed by atoms with E-state index in [1.807, 2.05) is 39.0 Å². The van der Waals surface area contributed by atoms with Gasteiger partial charge in [0.1, 0.15) is 11.5 Å². The van der Waals surface area contributed by atoms with Gasteiger partial charge in [-0.3, -0.25) is 4.99 Å². The van der Waals surface area contributed by atoms with E-state index in [1.54, 1.807) is 11.3 Å². The molecule has 0 radical (unpaired) electrons. The number of benzene rings is 1. The molecule has 6 nitrogen and oxygen atoms in total. The Morgan fingerprint density at radius 1 is 1.24 bits per heavy atom. The highest BCUT2D eigenvalue weighted by molar-refractivity contribution is 7.11. The summed E-state index contributed by atoms with van der Waals surface area (Å²) in [6, 6.07) is 5.61. The Balaban J connectivity index is 2.01. The Kier molecular flexibility index (Phi) is 7.06. The van der Waals surface area contributed by atoms with Crippen LogP contribution in [0.2, 0.25) is 0 Å². The quantitative estimate of drug-likeness (QED) is 0.554. The summed E-state index contributed by atoms with van der Waals surface area (Å²) in [5, 5.41) is 4.19. The summed E-state index contributed by atoms with van der Waals surface area (Å²) in [7, 11) is 0. The number of hydrogen-bond acceptors (Lipinski definition) is 5. The predicted octanol–water partition coefficient (Wildman–Crippen LogP) is 3.53. The number of thiazole rings is 1. The van der Waals surface area contributed by atoms with Crippen molar-refractivity contribution < 1.29 is 9.47 Å². The first-order valence-corrected chi connectivity index (χ1v) is 9.24. The van der Waals surface area contributed by atoms with Crippen LogP contribution in [0.15, 0.2) is 23.2 Å². The van der Waals surface area contributed by atoms with Gasteiger partial charge in [0.05, 0.1) is 29.6 Å². The Hall–Kier alpha value is -2.28. The van der Waals surface area contributed by atoms with E-state index in [0.29, 0.717) is 25.7 Å². The van der Waals surface area contributed by atoms with Crippen molar-refractivity contribution in [2.45, 2.75) is 34.1 Å². The molecule has 0 unspecified atom stereocenters. The molecule has 0 saturated heterocycles. The van der Waals surface area contributed by atoms with Crippen LogP contribution >= 0.6 is 11.3 Å². The molecule has 0 atom stereocenters. The van der Waals surface area contributed by atoms with Crippen molar-refractivity contribution in [3.8, 4) is 11.5 Å². The summed E-state index contributed by atoms with van der Waals surface area (Å²) in [5.41, 5.74) is 7.85. The number of rotatable bonds is 8. The van der Waals surface area contributed by atoms with E-state index >= 15 is 0 Å². The number of aromatic nitrogens is 1. The van der Waals surface area contributed by atoms with Crippen molar-refractivity contribution in [2.24, 2.45) is 10.7 Å². The van der Waals surface area contributed by atoms with Crippen molar-refractivity contribution in [3.63, 3.8) is 0 Å². The van der Waals surface area contributed by atoms with Crippen LogP contribution in [0.1, 0.15) is 29.4 Å². The van der Waals surface area contributed by atoms with Gasteiger partial charge >= 0.3 is 0 Å². The summed E-state index contributed by atoms with van der Waals surface area (Å²) >= 11 is 1.71. The molecular weight excluding hydrogens is 336 g/mol. The van der Waals surface area contributed by atoms with E-state index in [-0.39, 0.29) is 0 Å². The van der Waals surface area contributed by atoms with Crippen LogP contribution in [0, 0.1) is 13.8 Å². The lowest BCUT2D eigenvalue weighted by atomic mass is 10.2. The third kappa shape index (κ3) is 5.63. The van der Waals surface area contributed by atoms with Gasteiger partial charge in [0, 0.05) is 23.9 Å². The minimum Gasteiger partial charge on any atom is -0.494 e. The second-order valence-corrected chi connectivity index (χ2v) is 6.70. The second-order valence-electron chi connectivity index (χ2n) is 5.42. The van der Waals surface area contributed by atoms with Gasteiger partial charge in [-0.1, -0.05) is 0 Å². The van der Waals surface area contributed by atoms with Crippen molar-refractivity contribution in [1.82, 2.24) is 4.98 Å². The van der Waals surface area contributed by atoms with Crippen LogP contribution in [0.3, 0.4) is 0 Å². The highest BCUT2D eigenvalue weighted by Gasteiger charge is 2.07. The second kappa shape index (κ2) is 9.27. The van der Waals surface area contributed by atoms with Crippen molar-refractivity contribution in [2.75, 3.05) is 25.1 Å². The van der Waals surface area contributed by atoms with Gasteiger partial charge in [-0.05, 0) is 39.8 Å². The molecule has 2 rings (SSSR count). The lowest BCUT2D eigenvalue weighted by Gasteiger charge is -2.13. The van der Waals surface area contributed by atoms with Gasteiger partial charge in [0.15, 0.2) is 5.96 Å². The summed E-state index contributed by atoms with van der Waals surface area (Å²) < 4.78 is 11.2. The van der Waals surface area contributed by atoms with Gasteiger partial charge in [0.25, 0.3) is 0 Å². The third-order valence-electron chi connectivity index (χ3n) is 3.51. The van der Waals surface area contributed by atoms with E-state index < -0.39 is 0 Å². The summed E-state index contributed by atoms with van der Waals surface area (Å²) in [4.78, 5) is 10.1. The lowest BCUT2D eigenvalue weighted by molar-refractivity contribution is 0.332. The maximum Gasteiger partial charge on any atom is 0.193 e. The van der Waals surface area contributed by atoms with Gasteiger partial charge < -0.3 is 20.5 Å². The molecule has 2 aromatic rings. The van der Waals surface area contributed by atoms with E-state index in [0.717, 1.165) is 34.3 Å². The average molecular weight is 362 g/mol. The maximum absolute atomic E-state index is 6.02. The topological polar surface area (TPSA) is 81.8 Å². The van der Waals surface area contributed by atoms with Crippen LogP contribution in [0.25, 0.3) is 0 Å². The fraction of sp³-hybridized carbons (Fsp3) is 0.444. The van der Waals surface area contributed by atoms with Crippen LogP contribution in [0.5, 0.6) is 11.5 Å². The molecule has 0 bridgehead atoms. The Morgan fingerprint density at radius 2 is 2.00 bits per heavy atom. The zero-order valence-corrected chi connectivity index (χ0v) is 16.1. The molecule has 136 valence electrons. The number of ether oxygens (including phenoxy) is 2. The molecule has 0 saturated carbocycles. The number of aryl methyl sites for hydroxylation is 2. The van der Waals surface area contributed by atoms with Gasteiger partial charge in [0.2, 0.25) is 0 Å². The van der Waals surface area contributed by atoms with Gasteiger partial charge in [-0.2, -0.15) is 0 Å². The maximum atomic E-state index is 6.02. The lowest BCUT2D eigenvalue weighted by Crippen LogP contribution is -2.23. The number of anilines is 1. The van der Waals surface area contributed by atoms with E-state index in [4.69, 9.17) is 15.2 Å². The smallest absolute Gasteiger partial charge is 0.193 e. The minimum atomic E-state index is 0.347. The molecule has 1 aromatic heterocycles. The standard InChI is InChI=1S/C18H26N4O2S/c1-5-23-14-7-8-16(24-6-2)15(11-14)22-18(19)20-10-9-17-21-12(3)13(4)25-17/h7-8,11H,5-6,9-10H2,1-4H3,(H3,19,20,22). The molecule has 0 spiro atoms. The molecule has 25 heavy (non-hydrogen) atoms.